The van der Waals surface area contributed by atoms with Crippen LogP contribution in [0.25, 0.3) is 0 Å². The summed E-state index contributed by atoms with van der Waals surface area (Å²) in [4.78, 5) is 16.9. The van der Waals surface area contributed by atoms with Crippen molar-refractivity contribution in [2.24, 2.45) is 5.92 Å². The van der Waals surface area contributed by atoms with E-state index in [2.05, 4.69) is 18.7 Å². The van der Waals surface area contributed by atoms with Crippen LogP contribution in [-0.4, -0.2) is 48.4 Å². The molecule has 1 fully saturated rings. The van der Waals surface area contributed by atoms with Crippen LogP contribution in [0.5, 0.6) is 0 Å². The summed E-state index contributed by atoms with van der Waals surface area (Å²) >= 11 is 0. The second-order valence-electron chi connectivity index (χ2n) is 5.77. The van der Waals surface area contributed by atoms with Crippen molar-refractivity contribution in [1.82, 2.24) is 9.80 Å². The van der Waals surface area contributed by atoms with Crippen LogP contribution in [0.2, 0.25) is 0 Å². The highest BCUT2D eigenvalue weighted by molar-refractivity contribution is 5.95. The third-order valence-electron chi connectivity index (χ3n) is 4.34. The van der Waals surface area contributed by atoms with Crippen LogP contribution in [0.1, 0.15) is 30.6 Å². The molecule has 0 bridgehead atoms. The number of anilines is 1. The van der Waals surface area contributed by atoms with Gasteiger partial charge in [0.15, 0.2) is 0 Å². The Morgan fingerprint density at radius 1 is 1.50 bits per heavy atom. The number of amides is 1. The van der Waals surface area contributed by atoms with Gasteiger partial charge in [0.2, 0.25) is 0 Å². The van der Waals surface area contributed by atoms with Crippen LogP contribution in [0.15, 0.2) is 24.3 Å². The van der Waals surface area contributed by atoms with Gasteiger partial charge in [-0.25, -0.2) is 0 Å². The number of nitrogen functional groups attached to an aromatic ring is 1. The van der Waals surface area contributed by atoms with Crippen molar-refractivity contribution in [3.05, 3.63) is 29.8 Å². The van der Waals surface area contributed by atoms with E-state index in [1.807, 2.05) is 24.1 Å². The SMILES string of the molecule is CCN1CCC(N(C)C(=O)c2cccc(N)c2)C(C)C1. The lowest BCUT2D eigenvalue weighted by Gasteiger charge is -2.41. The molecule has 1 amide bonds. The predicted octanol–water partition coefficient (Wildman–Crippen LogP) is 2.07. The number of rotatable bonds is 3. The molecule has 2 N–H and O–H groups in total. The van der Waals surface area contributed by atoms with E-state index in [9.17, 15) is 4.79 Å². The van der Waals surface area contributed by atoms with E-state index in [0.717, 1.165) is 26.1 Å². The highest BCUT2D eigenvalue weighted by Gasteiger charge is 2.30. The number of likely N-dealkylation sites (tertiary alicyclic amines) is 1. The topological polar surface area (TPSA) is 49.6 Å². The maximum Gasteiger partial charge on any atom is 0.253 e. The third kappa shape index (κ3) is 3.12. The van der Waals surface area contributed by atoms with Gasteiger partial charge in [-0.05, 0) is 37.1 Å². The Labute approximate surface area is 121 Å². The van der Waals surface area contributed by atoms with Gasteiger partial charge in [-0.3, -0.25) is 4.79 Å². The Morgan fingerprint density at radius 3 is 2.85 bits per heavy atom. The van der Waals surface area contributed by atoms with Gasteiger partial charge in [-0.15, -0.1) is 0 Å². The minimum absolute atomic E-state index is 0.0686. The number of benzene rings is 1. The average Bonchev–Trinajstić information content (AvgIpc) is 2.45. The molecule has 20 heavy (non-hydrogen) atoms. The summed E-state index contributed by atoms with van der Waals surface area (Å²) < 4.78 is 0. The minimum atomic E-state index is 0.0686. The van der Waals surface area contributed by atoms with E-state index >= 15 is 0 Å². The average molecular weight is 275 g/mol. The summed E-state index contributed by atoms with van der Waals surface area (Å²) in [6, 6.07) is 7.54. The molecule has 1 aliphatic rings. The number of nitrogens with two attached hydrogens (primary N) is 1. The molecule has 2 atom stereocenters. The lowest BCUT2D eigenvalue weighted by Crippen LogP contribution is -2.50. The summed E-state index contributed by atoms with van der Waals surface area (Å²) in [5.74, 6) is 0.567. The van der Waals surface area contributed by atoms with Gasteiger partial charge in [0, 0.05) is 37.4 Å². The number of hydrogen-bond acceptors (Lipinski definition) is 3. The molecule has 4 heteroatoms. The molecule has 0 spiro atoms. The highest BCUT2D eigenvalue weighted by atomic mass is 16.2. The fourth-order valence-electron chi connectivity index (χ4n) is 3.11. The Kier molecular flexibility index (Phi) is 4.65. The third-order valence-corrected chi connectivity index (χ3v) is 4.34. The lowest BCUT2D eigenvalue weighted by molar-refractivity contribution is 0.0520. The molecule has 0 radical (unpaired) electrons. The van der Waals surface area contributed by atoms with Gasteiger partial charge in [-0.2, -0.15) is 0 Å². The number of piperidine rings is 1. The zero-order valence-corrected chi connectivity index (χ0v) is 12.7. The number of carbonyl (C=O) groups excluding carboxylic acids is 1. The monoisotopic (exact) mass is 275 g/mol. The predicted molar refractivity (Wildman–Crippen MR) is 82.6 cm³/mol. The van der Waals surface area contributed by atoms with Crippen LogP contribution in [0.4, 0.5) is 5.69 Å². The first-order chi connectivity index (χ1) is 9.52. The Hall–Kier alpha value is -1.55. The van der Waals surface area contributed by atoms with Crippen molar-refractivity contribution in [3.63, 3.8) is 0 Å². The van der Waals surface area contributed by atoms with Gasteiger partial charge in [0.1, 0.15) is 0 Å². The van der Waals surface area contributed by atoms with Crippen molar-refractivity contribution in [2.75, 3.05) is 32.4 Å². The summed E-state index contributed by atoms with van der Waals surface area (Å²) in [6.07, 6.45) is 1.04. The van der Waals surface area contributed by atoms with Gasteiger partial charge >= 0.3 is 0 Å². The van der Waals surface area contributed by atoms with Gasteiger partial charge in [0.05, 0.1) is 0 Å². The van der Waals surface area contributed by atoms with Gasteiger partial charge in [-0.1, -0.05) is 19.9 Å². The van der Waals surface area contributed by atoms with Gasteiger partial charge < -0.3 is 15.5 Å². The first-order valence-electron chi connectivity index (χ1n) is 7.38. The molecule has 0 aliphatic carbocycles. The fraction of sp³-hybridized carbons (Fsp3) is 0.562. The molecule has 1 aromatic carbocycles. The van der Waals surface area contributed by atoms with Crippen LogP contribution in [0.3, 0.4) is 0 Å². The van der Waals surface area contributed by atoms with Crippen molar-refractivity contribution < 1.29 is 4.79 Å². The lowest BCUT2D eigenvalue weighted by atomic mass is 9.92. The minimum Gasteiger partial charge on any atom is -0.399 e. The molecule has 1 aliphatic heterocycles. The molecular formula is C16H25N3O. The van der Waals surface area contributed by atoms with E-state index in [-0.39, 0.29) is 5.91 Å². The molecule has 110 valence electrons. The largest absolute Gasteiger partial charge is 0.399 e. The molecular weight excluding hydrogens is 250 g/mol. The normalized spacial score (nSPS) is 23.6. The van der Waals surface area contributed by atoms with E-state index < -0.39 is 0 Å². The van der Waals surface area contributed by atoms with E-state index in [4.69, 9.17) is 5.73 Å². The molecule has 1 saturated heterocycles. The summed E-state index contributed by atoms with van der Waals surface area (Å²) in [7, 11) is 1.91. The summed E-state index contributed by atoms with van der Waals surface area (Å²) in [6.45, 7) is 7.64. The van der Waals surface area contributed by atoms with Crippen molar-refractivity contribution in [1.29, 1.82) is 0 Å². The first kappa shape index (κ1) is 14.9. The zero-order chi connectivity index (χ0) is 14.7. The van der Waals surface area contributed by atoms with Crippen LogP contribution in [-0.2, 0) is 0 Å². The van der Waals surface area contributed by atoms with Crippen LogP contribution in [0, 0.1) is 5.92 Å². The maximum absolute atomic E-state index is 12.5. The Morgan fingerprint density at radius 2 is 2.25 bits per heavy atom. The molecule has 4 nitrogen and oxygen atoms in total. The van der Waals surface area contributed by atoms with Gasteiger partial charge in [0.25, 0.3) is 5.91 Å². The summed E-state index contributed by atoms with van der Waals surface area (Å²) in [5, 5.41) is 0. The fourth-order valence-corrected chi connectivity index (χ4v) is 3.11. The van der Waals surface area contributed by atoms with Crippen LogP contribution < -0.4 is 5.73 Å². The Balaban J connectivity index is 2.07. The quantitative estimate of drug-likeness (QED) is 0.859. The molecule has 0 saturated carbocycles. The van der Waals surface area contributed by atoms with Crippen molar-refractivity contribution in [3.8, 4) is 0 Å². The molecule has 1 heterocycles. The molecule has 2 unspecified atom stereocenters. The standard InChI is InChI=1S/C16H25N3O/c1-4-19-9-8-15(12(2)11-19)18(3)16(20)13-6-5-7-14(17)10-13/h5-7,10,12,15H,4,8-9,11,17H2,1-3H3. The number of hydrogen-bond donors (Lipinski definition) is 1. The highest BCUT2D eigenvalue weighted by Crippen LogP contribution is 2.22. The van der Waals surface area contributed by atoms with Crippen LogP contribution >= 0.6 is 0 Å². The molecule has 1 aromatic rings. The van der Waals surface area contributed by atoms with E-state index in [1.165, 1.54) is 0 Å². The van der Waals surface area contributed by atoms with E-state index in [0.29, 0.717) is 23.2 Å². The first-order valence-corrected chi connectivity index (χ1v) is 7.38. The number of nitrogens with zero attached hydrogens (tertiary/aromatic N) is 2. The second-order valence-corrected chi connectivity index (χ2v) is 5.77. The smallest absolute Gasteiger partial charge is 0.253 e. The maximum atomic E-state index is 12.5. The van der Waals surface area contributed by atoms with Crippen molar-refractivity contribution in [2.45, 2.75) is 26.3 Å². The summed E-state index contributed by atoms with van der Waals surface area (Å²) in [5.41, 5.74) is 7.08. The zero-order valence-electron chi connectivity index (χ0n) is 12.7. The number of carbonyl (C=O) groups is 1. The van der Waals surface area contributed by atoms with Crippen molar-refractivity contribution >= 4 is 11.6 Å². The van der Waals surface area contributed by atoms with E-state index in [1.54, 1.807) is 12.1 Å². The Bertz CT molecular complexity index is 475. The molecule has 2 rings (SSSR count). The second kappa shape index (κ2) is 6.27. The molecule has 0 aromatic heterocycles.